The number of esters is 1. The van der Waals surface area contributed by atoms with Gasteiger partial charge in [0.15, 0.2) is 5.69 Å². The van der Waals surface area contributed by atoms with Crippen LogP contribution in [0.2, 0.25) is 5.28 Å². The summed E-state index contributed by atoms with van der Waals surface area (Å²) in [5, 5.41) is -0.00582. The van der Waals surface area contributed by atoms with Gasteiger partial charge < -0.3 is 9.47 Å². The number of methoxy groups -OCH3 is 2. The molecule has 1 aromatic carbocycles. The Bertz CT molecular complexity index is 599. The zero-order chi connectivity index (χ0) is 13.8. The minimum Gasteiger partial charge on any atom is -0.497 e. The average molecular weight is 279 g/mol. The number of hydrogen-bond donors (Lipinski definition) is 0. The number of rotatable bonds is 3. The Hall–Kier alpha value is -2.14. The van der Waals surface area contributed by atoms with Gasteiger partial charge in [0.05, 0.1) is 19.9 Å². The van der Waals surface area contributed by atoms with Crippen LogP contribution in [0.3, 0.4) is 0 Å². The summed E-state index contributed by atoms with van der Waals surface area (Å²) in [6, 6.07) is 8.75. The Kier molecular flexibility index (Phi) is 3.97. The van der Waals surface area contributed by atoms with Gasteiger partial charge in [-0.15, -0.1) is 0 Å². The fraction of sp³-hybridized carbons (Fsp3) is 0.154. The number of benzene rings is 1. The van der Waals surface area contributed by atoms with Crippen LogP contribution in [-0.4, -0.2) is 30.2 Å². The highest BCUT2D eigenvalue weighted by atomic mass is 35.5. The molecule has 0 aliphatic heterocycles. The molecule has 0 atom stereocenters. The van der Waals surface area contributed by atoms with Gasteiger partial charge in [0.25, 0.3) is 0 Å². The van der Waals surface area contributed by atoms with Gasteiger partial charge in [0.1, 0.15) is 5.75 Å². The third kappa shape index (κ3) is 3.00. The van der Waals surface area contributed by atoms with E-state index in [-0.39, 0.29) is 11.0 Å². The number of carbonyl (C=O) groups is 1. The summed E-state index contributed by atoms with van der Waals surface area (Å²) in [4.78, 5) is 19.4. The maximum Gasteiger partial charge on any atom is 0.356 e. The van der Waals surface area contributed by atoms with Crippen molar-refractivity contribution in [2.24, 2.45) is 0 Å². The van der Waals surface area contributed by atoms with Gasteiger partial charge in [-0.3, -0.25) is 0 Å². The van der Waals surface area contributed by atoms with Crippen molar-refractivity contribution in [2.75, 3.05) is 14.2 Å². The quantitative estimate of drug-likeness (QED) is 0.638. The molecule has 0 N–H and O–H groups in total. The fourth-order valence-electron chi connectivity index (χ4n) is 1.54. The zero-order valence-corrected chi connectivity index (χ0v) is 11.1. The summed E-state index contributed by atoms with van der Waals surface area (Å²) in [5.41, 5.74) is 1.46. The Morgan fingerprint density at radius 3 is 2.42 bits per heavy atom. The molecule has 2 rings (SSSR count). The number of aromatic nitrogens is 2. The van der Waals surface area contributed by atoms with Gasteiger partial charge in [-0.25, -0.2) is 14.8 Å². The molecule has 0 bridgehead atoms. The highest BCUT2D eigenvalue weighted by Gasteiger charge is 2.12. The van der Waals surface area contributed by atoms with Crippen molar-refractivity contribution in [1.29, 1.82) is 0 Å². The van der Waals surface area contributed by atoms with Crippen molar-refractivity contribution in [3.63, 3.8) is 0 Å². The molecule has 0 spiro atoms. The molecule has 1 heterocycles. The number of ether oxygens (including phenoxy) is 2. The Morgan fingerprint density at radius 1 is 1.16 bits per heavy atom. The minimum absolute atomic E-state index is 0.00582. The predicted octanol–water partition coefficient (Wildman–Crippen LogP) is 2.59. The number of carbonyl (C=O) groups excluding carboxylic acids is 1. The van der Waals surface area contributed by atoms with E-state index in [9.17, 15) is 4.79 Å². The van der Waals surface area contributed by atoms with Crippen LogP contribution in [0.4, 0.5) is 0 Å². The first-order chi connectivity index (χ1) is 9.13. The van der Waals surface area contributed by atoms with Gasteiger partial charge in [-0.2, -0.15) is 0 Å². The second-order valence-electron chi connectivity index (χ2n) is 3.63. The Labute approximate surface area is 115 Å². The third-order valence-corrected chi connectivity index (χ3v) is 2.65. The van der Waals surface area contributed by atoms with Gasteiger partial charge in [-0.05, 0) is 41.9 Å². The lowest BCUT2D eigenvalue weighted by Crippen LogP contribution is -2.05. The maximum atomic E-state index is 11.5. The number of hydrogen-bond acceptors (Lipinski definition) is 5. The smallest absolute Gasteiger partial charge is 0.356 e. The summed E-state index contributed by atoms with van der Waals surface area (Å²) in [7, 11) is 2.87. The first-order valence-corrected chi connectivity index (χ1v) is 5.79. The molecular weight excluding hydrogens is 268 g/mol. The van der Waals surface area contributed by atoms with Gasteiger partial charge in [0, 0.05) is 5.56 Å². The Balaban J connectivity index is 2.43. The molecule has 19 heavy (non-hydrogen) atoms. The number of halogens is 1. The third-order valence-electron chi connectivity index (χ3n) is 2.48. The molecule has 0 radical (unpaired) electrons. The van der Waals surface area contributed by atoms with Gasteiger partial charge >= 0.3 is 5.97 Å². The molecule has 0 aliphatic carbocycles. The van der Waals surface area contributed by atoms with Crippen molar-refractivity contribution in [3.05, 3.63) is 41.3 Å². The summed E-state index contributed by atoms with van der Waals surface area (Å²) in [6.45, 7) is 0. The fourth-order valence-corrected chi connectivity index (χ4v) is 1.72. The van der Waals surface area contributed by atoms with Crippen LogP contribution < -0.4 is 4.74 Å². The zero-order valence-electron chi connectivity index (χ0n) is 10.4. The summed E-state index contributed by atoms with van der Waals surface area (Å²) >= 11 is 5.80. The van der Waals surface area contributed by atoms with E-state index in [1.807, 2.05) is 12.1 Å². The van der Waals surface area contributed by atoms with Crippen molar-refractivity contribution in [3.8, 4) is 17.0 Å². The molecule has 5 nitrogen and oxygen atoms in total. The Morgan fingerprint density at radius 2 is 1.84 bits per heavy atom. The molecule has 0 saturated carbocycles. The van der Waals surface area contributed by atoms with Crippen LogP contribution in [0, 0.1) is 0 Å². The van der Waals surface area contributed by atoms with Crippen molar-refractivity contribution < 1.29 is 14.3 Å². The lowest BCUT2D eigenvalue weighted by atomic mass is 10.1. The van der Waals surface area contributed by atoms with E-state index in [1.54, 1.807) is 19.2 Å². The van der Waals surface area contributed by atoms with Gasteiger partial charge in [-0.1, -0.05) is 0 Å². The van der Waals surface area contributed by atoms with Crippen molar-refractivity contribution in [1.82, 2.24) is 9.97 Å². The van der Waals surface area contributed by atoms with E-state index in [0.717, 1.165) is 11.3 Å². The van der Waals surface area contributed by atoms with Crippen molar-refractivity contribution >= 4 is 17.6 Å². The minimum atomic E-state index is -0.556. The van der Waals surface area contributed by atoms with Gasteiger partial charge in [0.2, 0.25) is 5.28 Å². The van der Waals surface area contributed by atoms with E-state index >= 15 is 0 Å². The molecule has 0 aliphatic rings. The molecule has 98 valence electrons. The van der Waals surface area contributed by atoms with E-state index in [4.69, 9.17) is 16.3 Å². The van der Waals surface area contributed by atoms with Crippen LogP contribution in [-0.2, 0) is 4.74 Å². The first kappa shape index (κ1) is 13.3. The van der Waals surface area contributed by atoms with Crippen LogP contribution in [0.15, 0.2) is 30.3 Å². The lowest BCUT2D eigenvalue weighted by molar-refractivity contribution is 0.0594. The molecular formula is C13H11ClN2O3. The molecule has 0 fully saturated rings. The molecule has 1 aromatic heterocycles. The van der Waals surface area contributed by atoms with Crippen LogP contribution in [0.5, 0.6) is 5.75 Å². The second kappa shape index (κ2) is 5.67. The first-order valence-electron chi connectivity index (χ1n) is 5.41. The normalized spacial score (nSPS) is 10.1. The average Bonchev–Trinajstić information content (AvgIpc) is 2.45. The summed E-state index contributed by atoms with van der Waals surface area (Å²) in [5.74, 6) is 0.177. The monoisotopic (exact) mass is 278 g/mol. The molecule has 0 saturated heterocycles. The van der Waals surface area contributed by atoms with E-state index in [0.29, 0.717) is 5.69 Å². The molecule has 2 aromatic rings. The van der Waals surface area contributed by atoms with Crippen LogP contribution in [0.25, 0.3) is 11.3 Å². The lowest BCUT2D eigenvalue weighted by Gasteiger charge is -2.05. The highest BCUT2D eigenvalue weighted by molar-refractivity contribution is 6.28. The topological polar surface area (TPSA) is 61.3 Å². The molecule has 6 heteroatoms. The summed E-state index contributed by atoms with van der Waals surface area (Å²) in [6.07, 6.45) is 0. The molecule has 0 amide bonds. The molecule has 0 unspecified atom stereocenters. The van der Waals surface area contributed by atoms with Crippen LogP contribution in [0.1, 0.15) is 10.5 Å². The predicted molar refractivity (Wildman–Crippen MR) is 70.4 cm³/mol. The van der Waals surface area contributed by atoms with E-state index in [2.05, 4.69) is 14.7 Å². The summed E-state index contributed by atoms with van der Waals surface area (Å²) < 4.78 is 9.69. The van der Waals surface area contributed by atoms with Crippen LogP contribution >= 0.6 is 11.6 Å². The standard InChI is InChI=1S/C13H11ClN2O3/c1-18-9-5-3-8(4-6-9)10-7-11(12(17)19-2)16-13(14)15-10/h3-7H,1-2H3. The van der Waals surface area contributed by atoms with E-state index < -0.39 is 5.97 Å². The number of nitrogens with zero attached hydrogens (tertiary/aromatic N) is 2. The van der Waals surface area contributed by atoms with Crippen molar-refractivity contribution in [2.45, 2.75) is 0 Å². The SMILES string of the molecule is COC(=O)c1cc(-c2ccc(OC)cc2)nc(Cl)n1. The largest absolute Gasteiger partial charge is 0.497 e. The maximum absolute atomic E-state index is 11.5. The second-order valence-corrected chi connectivity index (χ2v) is 3.97. The highest BCUT2D eigenvalue weighted by Crippen LogP contribution is 2.22. The van der Waals surface area contributed by atoms with E-state index in [1.165, 1.54) is 13.2 Å².